The van der Waals surface area contributed by atoms with Crippen LogP contribution in [-0.4, -0.2) is 29.2 Å². The molecule has 5 nitrogen and oxygen atoms in total. The molecule has 2 heterocycles. The van der Waals surface area contributed by atoms with E-state index in [0.29, 0.717) is 47.9 Å². The van der Waals surface area contributed by atoms with Crippen molar-refractivity contribution in [1.82, 2.24) is 4.90 Å². The molecule has 0 aromatic heterocycles. The van der Waals surface area contributed by atoms with Crippen LogP contribution in [0.25, 0.3) is 0 Å². The molecule has 1 atom stereocenters. The Kier molecular flexibility index (Phi) is 7.29. The molecule has 3 aliphatic rings. The van der Waals surface area contributed by atoms with Gasteiger partial charge in [0.2, 0.25) is 0 Å². The van der Waals surface area contributed by atoms with Gasteiger partial charge in [0.1, 0.15) is 0 Å². The molecule has 1 saturated heterocycles. The van der Waals surface area contributed by atoms with Gasteiger partial charge in [-0.2, -0.15) is 13.2 Å². The Balaban J connectivity index is 1.54. The van der Waals surface area contributed by atoms with Gasteiger partial charge in [0.25, 0.3) is 0 Å². The number of hydrogen-bond donors (Lipinski definition) is 2. The Morgan fingerprint density at radius 3 is 2.67 bits per heavy atom. The lowest BCUT2D eigenvalue weighted by atomic mass is 9.92. The van der Waals surface area contributed by atoms with Gasteiger partial charge in [-0.3, -0.25) is 5.41 Å². The average molecular weight is 463 g/mol. The molecule has 0 radical (unpaired) electrons. The van der Waals surface area contributed by atoms with E-state index < -0.39 is 11.7 Å². The van der Waals surface area contributed by atoms with Gasteiger partial charge >= 0.3 is 6.18 Å². The first-order valence-electron chi connectivity index (χ1n) is 12.1. The number of guanidine groups is 1. The number of benzene rings is 1. The standard InChI is InChI=1S/C25H33F3N4O/c26-25(27,28)20-16-19(14-13-18(20)12-11-17-6-1-2-7-17)21-8-3-4-10-23(33-31-21)22-9-5-15-32(22)24(29)30/h10,13-14,16-17,22H,1-9,11-12,15H2,(H3,29,30)/t22-/m0/s1. The molecule has 1 aromatic carbocycles. The van der Waals surface area contributed by atoms with Crippen molar-refractivity contribution in [2.75, 3.05) is 6.54 Å². The zero-order valence-corrected chi connectivity index (χ0v) is 19.0. The number of oxime groups is 1. The van der Waals surface area contributed by atoms with E-state index >= 15 is 0 Å². The van der Waals surface area contributed by atoms with Gasteiger partial charge in [0.15, 0.2) is 11.7 Å². The minimum absolute atomic E-state index is 0.00345. The summed E-state index contributed by atoms with van der Waals surface area (Å²) in [5.74, 6) is 1.17. The molecule has 1 saturated carbocycles. The molecule has 0 spiro atoms. The molecule has 2 fully saturated rings. The quantitative estimate of drug-likeness (QED) is 0.418. The van der Waals surface area contributed by atoms with Crippen LogP contribution in [0.3, 0.4) is 0 Å². The van der Waals surface area contributed by atoms with Crippen LogP contribution >= 0.6 is 0 Å². The number of nitrogens with zero attached hydrogens (tertiary/aromatic N) is 2. The third-order valence-electron chi connectivity index (χ3n) is 7.16. The van der Waals surface area contributed by atoms with Crippen LogP contribution in [0.15, 0.2) is 35.2 Å². The summed E-state index contributed by atoms with van der Waals surface area (Å²) in [6.45, 7) is 0.689. The zero-order valence-electron chi connectivity index (χ0n) is 19.0. The number of nitrogens with one attached hydrogen (secondary N) is 1. The van der Waals surface area contributed by atoms with E-state index in [1.165, 1.54) is 18.9 Å². The van der Waals surface area contributed by atoms with E-state index in [4.69, 9.17) is 16.0 Å². The topological polar surface area (TPSA) is 74.7 Å². The number of likely N-dealkylation sites (tertiary alicyclic amines) is 1. The Morgan fingerprint density at radius 1 is 1.15 bits per heavy atom. The first-order valence-corrected chi connectivity index (χ1v) is 12.1. The third kappa shape index (κ3) is 5.71. The minimum atomic E-state index is -4.40. The summed E-state index contributed by atoms with van der Waals surface area (Å²) in [5.41, 5.74) is 6.50. The Morgan fingerprint density at radius 2 is 1.94 bits per heavy atom. The van der Waals surface area contributed by atoms with E-state index in [2.05, 4.69) is 5.16 Å². The van der Waals surface area contributed by atoms with Gasteiger partial charge in [-0.05, 0) is 74.1 Å². The number of halogens is 3. The van der Waals surface area contributed by atoms with Gasteiger partial charge in [-0.15, -0.1) is 0 Å². The van der Waals surface area contributed by atoms with E-state index in [1.807, 2.05) is 6.08 Å². The fraction of sp³-hybridized carbons (Fsp3) is 0.600. The maximum atomic E-state index is 13.9. The summed E-state index contributed by atoms with van der Waals surface area (Å²) in [4.78, 5) is 7.54. The Hall–Kier alpha value is -2.51. The molecular formula is C25H33F3N4O. The van der Waals surface area contributed by atoms with E-state index in [0.717, 1.165) is 44.9 Å². The number of hydrogen-bond acceptors (Lipinski definition) is 3. The second kappa shape index (κ2) is 10.2. The smallest absolute Gasteiger partial charge is 0.370 e. The molecule has 1 aliphatic carbocycles. The molecule has 3 N–H and O–H groups in total. The van der Waals surface area contributed by atoms with Crippen LogP contribution < -0.4 is 5.73 Å². The molecule has 1 aromatic rings. The third-order valence-corrected chi connectivity index (χ3v) is 7.16. The number of allylic oxidation sites excluding steroid dienone is 1. The number of aryl methyl sites for hydroxylation is 1. The lowest BCUT2D eigenvalue weighted by Crippen LogP contribution is -2.41. The molecule has 0 amide bonds. The average Bonchev–Trinajstić information content (AvgIpc) is 3.44. The molecule has 2 aliphatic heterocycles. The minimum Gasteiger partial charge on any atom is -0.370 e. The van der Waals surface area contributed by atoms with Gasteiger partial charge in [-0.1, -0.05) is 43.0 Å². The normalized spacial score (nSPS) is 22.4. The fourth-order valence-corrected chi connectivity index (χ4v) is 5.35. The highest BCUT2D eigenvalue weighted by Gasteiger charge is 2.34. The molecule has 4 rings (SSSR count). The van der Waals surface area contributed by atoms with Crippen molar-refractivity contribution in [3.63, 3.8) is 0 Å². The van der Waals surface area contributed by atoms with Crippen molar-refractivity contribution < 1.29 is 18.0 Å². The maximum absolute atomic E-state index is 13.9. The van der Waals surface area contributed by atoms with Crippen LogP contribution in [0.4, 0.5) is 13.2 Å². The van der Waals surface area contributed by atoms with Crippen LogP contribution in [0.1, 0.15) is 80.9 Å². The predicted molar refractivity (Wildman–Crippen MR) is 123 cm³/mol. The summed E-state index contributed by atoms with van der Waals surface area (Å²) in [6.07, 6.45) is 7.25. The molecule has 0 bridgehead atoms. The number of rotatable bonds is 5. The summed E-state index contributed by atoms with van der Waals surface area (Å²) < 4.78 is 41.7. The van der Waals surface area contributed by atoms with E-state index in [-0.39, 0.29) is 12.0 Å². The van der Waals surface area contributed by atoms with Crippen LogP contribution in [0, 0.1) is 11.3 Å². The Labute approximate surface area is 193 Å². The van der Waals surface area contributed by atoms with Crippen molar-refractivity contribution >= 4 is 11.7 Å². The molecule has 180 valence electrons. The van der Waals surface area contributed by atoms with Gasteiger partial charge in [0.05, 0.1) is 17.3 Å². The first kappa shape index (κ1) is 23.6. The zero-order chi connectivity index (χ0) is 23.4. The Bertz CT molecular complexity index is 919. The van der Waals surface area contributed by atoms with E-state index in [1.54, 1.807) is 17.0 Å². The number of nitrogens with two attached hydrogens (primary N) is 1. The van der Waals surface area contributed by atoms with Crippen LogP contribution in [0.2, 0.25) is 0 Å². The summed E-state index contributed by atoms with van der Waals surface area (Å²) >= 11 is 0. The number of alkyl halides is 3. The largest absolute Gasteiger partial charge is 0.416 e. The highest BCUT2D eigenvalue weighted by molar-refractivity contribution is 6.00. The summed E-state index contributed by atoms with van der Waals surface area (Å²) in [6, 6.07) is 4.48. The predicted octanol–water partition coefficient (Wildman–Crippen LogP) is 5.97. The summed E-state index contributed by atoms with van der Waals surface area (Å²) in [7, 11) is 0. The lowest BCUT2D eigenvalue weighted by molar-refractivity contribution is -0.138. The van der Waals surface area contributed by atoms with Gasteiger partial charge < -0.3 is 15.5 Å². The monoisotopic (exact) mass is 462 g/mol. The highest BCUT2D eigenvalue weighted by atomic mass is 19.4. The molecular weight excluding hydrogens is 429 g/mol. The van der Waals surface area contributed by atoms with Crippen LogP contribution in [-0.2, 0) is 17.4 Å². The van der Waals surface area contributed by atoms with Crippen LogP contribution in [0.5, 0.6) is 0 Å². The molecule has 0 unspecified atom stereocenters. The van der Waals surface area contributed by atoms with Crippen molar-refractivity contribution in [3.05, 3.63) is 46.7 Å². The second-order valence-electron chi connectivity index (χ2n) is 9.42. The van der Waals surface area contributed by atoms with Crippen molar-refractivity contribution in [1.29, 1.82) is 5.41 Å². The maximum Gasteiger partial charge on any atom is 0.416 e. The fourth-order valence-electron chi connectivity index (χ4n) is 5.35. The van der Waals surface area contributed by atoms with Gasteiger partial charge in [0, 0.05) is 6.54 Å². The molecule has 33 heavy (non-hydrogen) atoms. The second-order valence-corrected chi connectivity index (χ2v) is 9.42. The molecule has 8 heteroatoms. The SMILES string of the molecule is N=C(N)N1CCC[C@H]1C1=CCCCC(c2ccc(CCC3CCCC3)c(C(F)(F)F)c2)=NO1. The van der Waals surface area contributed by atoms with Gasteiger partial charge in [-0.25, -0.2) is 0 Å². The van der Waals surface area contributed by atoms with E-state index in [9.17, 15) is 13.2 Å². The summed E-state index contributed by atoms with van der Waals surface area (Å²) in [5, 5.41) is 12.1. The first-order chi connectivity index (χ1) is 15.8. The van der Waals surface area contributed by atoms with Crippen molar-refractivity contribution in [2.24, 2.45) is 16.8 Å². The van der Waals surface area contributed by atoms with Crippen molar-refractivity contribution in [3.8, 4) is 0 Å². The highest BCUT2D eigenvalue weighted by Crippen LogP contribution is 2.36. The lowest BCUT2D eigenvalue weighted by Gasteiger charge is -2.26. The van der Waals surface area contributed by atoms with Crippen molar-refractivity contribution in [2.45, 2.75) is 82.8 Å².